The highest BCUT2D eigenvalue weighted by Gasteiger charge is 2.40. The fraction of sp³-hybridized carbons (Fsp3) is 0.875. The summed E-state index contributed by atoms with van der Waals surface area (Å²) in [5, 5.41) is 2.78. The smallest absolute Gasteiger partial charge is 0.346 e. The van der Waals surface area contributed by atoms with Crippen LogP contribution in [0.4, 0.5) is 13.2 Å². The molecule has 0 saturated heterocycles. The Balaban J connectivity index is 2.36. The molecule has 2 atom stereocenters. The van der Waals surface area contributed by atoms with Gasteiger partial charge in [-0.3, -0.25) is 4.79 Å². The van der Waals surface area contributed by atoms with Gasteiger partial charge in [0.05, 0.1) is 0 Å². The molecule has 1 N–H and O–H groups in total. The van der Waals surface area contributed by atoms with Crippen LogP contribution in [0.15, 0.2) is 0 Å². The lowest BCUT2D eigenvalue weighted by Gasteiger charge is -2.13. The van der Waals surface area contributed by atoms with Crippen molar-refractivity contribution >= 4 is 21.8 Å². The zero-order valence-corrected chi connectivity index (χ0v) is 8.99. The molecule has 1 amide bonds. The van der Waals surface area contributed by atoms with E-state index in [4.69, 9.17) is 0 Å². The first-order valence-corrected chi connectivity index (χ1v) is 5.49. The molecular weight excluding hydrogens is 263 g/mol. The maximum Gasteiger partial charge on any atom is 0.471 e. The lowest BCUT2D eigenvalue weighted by molar-refractivity contribution is -0.174. The third-order valence-corrected chi connectivity index (χ3v) is 3.27. The second-order valence-electron chi connectivity index (χ2n) is 3.50. The Morgan fingerprint density at radius 1 is 1.43 bits per heavy atom. The topological polar surface area (TPSA) is 29.1 Å². The molecule has 0 unspecified atom stereocenters. The molecule has 0 aromatic carbocycles. The van der Waals surface area contributed by atoms with Crippen molar-refractivity contribution in [2.24, 2.45) is 5.92 Å². The summed E-state index contributed by atoms with van der Waals surface area (Å²) in [6, 6.07) is -0.313. The highest BCUT2D eigenvalue weighted by atomic mass is 79.9. The van der Waals surface area contributed by atoms with Crippen molar-refractivity contribution in [2.75, 3.05) is 5.33 Å². The van der Waals surface area contributed by atoms with Gasteiger partial charge in [-0.1, -0.05) is 15.9 Å². The van der Waals surface area contributed by atoms with E-state index in [0.717, 1.165) is 11.8 Å². The predicted molar refractivity (Wildman–Crippen MR) is 49.1 cm³/mol. The first-order valence-electron chi connectivity index (χ1n) is 4.37. The fourth-order valence-corrected chi connectivity index (χ4v) is 2.20. The number of carbonyl (C=O) groups excluding carboxylic acids is 1. The standard InChI is InChI=1S/C8H11BrF3NO/c9-4-5-1-2-6(3-5)13-7(14)8(10,11)12/h5-6H,1-4H2,(H,13,14)/t5-,6+/m0/s1. The molecule has 82 valence electrons. The molecule has 0 bridgehead atoms. The molecule has 0 heterocycles. The molecule has 1 aliphatic rings. The van der Waals surface area contributed by atoms with Gasteiger partial charge in [-0.2, -0.15) is 13.2 Å². The van der Waals surface area contributed by atoms with Crippen molar-refractivity contribution in [1.29, 1.82) is 0 Å². The minimum absolute atomic E-state index is 0.313. The molecule has 0 aromatic heterocycles. The van der Waals surface area contributed by atoms with Crippen LogP contribution in [0, 0.1) is 5.92 Å². The Kier molecular flexibility index (Phi) is 3.80. The van der Waals surface area contributed by atoms with Crippen molar-refractivity contribution in [3.8, 4) is 0 Å². The van der Waals surface area contributed by atoms with Crippen LogP contribution >= 0.6 is 15.9 Å². The highest BCUT2D eigenvalue weighted by Crippen LogP contribution is 2.27. The second-order valence-corrected chi connectivity index (χ2v) is 4.15. The van der Waals surface area contributed by atoms with Gasteiger partial charge in [0, 0.05) is 11.4 Å². The number of nitrogens with one attached hydrogen (secondary N) is 1. The van der Waals surface area contributed by atoms with Crippen LogP contribution < -0.4 is 5.32 Å². The van der Waals surface area contributed by atoms with E-state index in [1.54, 1.807) is 0 Å². The summed E-state index contributed by atoms with van der Waals surface area (Å²) in [6.45, 7) is 0. The van der Waals surface area contributed by atoms with E-state index in [2.05, 4.69) is 15.9 Å². The van der Waals surface area contributed by atoms with Crippen LogP contribution in [0.2, 0.25) is 0 Å². The molecule has 1 rings (SSSR count). The normalized spacial score (nSPS) is 27.7. The zero-order valence-electron chi connectivity index (χ0n) is 7.40. The van der Waals surface area contributed by atoms with Gasteiger partial charge in [0.1, 0.15) is 0 Å². The largest absolute Gasteiger partial charge is 0.471 e. The molecule has 0 radical (unpaired) electrons. The van der Waals surface area contributed by atoms with Crippen LogP contribution in [0.1, 0.15) is 19.3 Å². The van der Waals surface area contributed by atoms with Gasteiger partial charge in [0.2, 0.25) is 0 Å². The van der Waals surface area contributed by atoms with Gasteiger partial charge < -0.3 is 5.32 Å². The van der Waals surface area contributed by atoms with E-state index in [1.165, 1.54) is 0 Å². The fourth-order valence-electron chi connectivity index (χ4n) is 1.61. The molecule has 14 heavy (non-hydrogen) atoms. The van der Waals surface area contributed by atoms with Crippen molar-refractivity contribution in [3.05, 3.63) is 0 Å². The van der Waals surface area contributed by atoms with E-state index in [0.29, 0.717) is 18.8 Å². The third kappa shape index (κ3) is 3.15. The maximum atomic E-state index is 11.9. The summed E-state index contributed by atoms with van der Waals surface area (Å²) in [4.78, 5) is 10.6. The van der Waals surface area contributed by atoms with Crippen LogP contribution in [-0.2, 0) is 4.79 Å². The summed E-state index contributed by atoms with van der Waals surface area (Å²) < 4.78 is 35.6. The molecular formula is C8H11BrF3NO. The average molecular weight is 274 g/mol. The van der Waals surface area contributed by atoms with Gasteiger partial charge in [0.25, 0.3) is 0 Å². The third-order valence-electron chi connectivity index (χ3n) is 2.35. The Bertz CT molecular complexity index is 219. The van der Waals surface area contributed by atoms with Crippen molar-refractivity contribution in [3.63, 3.8) is 0 Å². The first kappa shape index (κ1) is 11.8. The van der Waals surface area contributed by atoms with Crippen LogP contribution in [0.5, 0.6) is 0 Å². The molecule has 1 fully saturated rings. The highest BCUT2D eigenvalue weighted by molar-refractivity contribution is 9.09. The lowest BCUT2D eigenvalue weighted by Crippen LogP contribution is -2.42. The minimum Gasteiger partial charge on any atom is -0.346 e. The molecule has 1 aliphatic carbocycles. The molecule has 1 saturated carbocycles. The van der Waals surface area contributed by atoms with Crippen LogP contribution in [0.3, 0.4) is 0 Å². The quantitative estimate of drug-likeness (QED) is 0.769. The monoisotopic (exact) mass is 273 g/mol. The molecule has 0 aromatic rings. The maximum absolute atomic E-state index is 11.9. The summed E-state index contributed by atoms with van der Waals surface area (Å²) >= 11 is 3.27. The van der Waals surface area contributed by atoms with Crippen LogP contribution in [-0.4, -0.2) is 23.5 Å². The Morgan fingerprint density at radius 2 is 2.07 bits per heavy atom. The predicted octanol–water partition coefficient (Wildman–Crippen LogP) is 2.23. The SMILES string of the molecule is O=C(N[C@@H]1CC[C@H](CBr)C1)C(F)(F)F. The van der Waals surface area contributed by atoms with Gasteiger partial charge in [-0.25, -0.2) is 0 Å². The van der Waals surface area contributed by atoms with E-state index in [9.17, 15) is 18.0 Å². The number of hydrogen-bond donors (Lipinski definition) is 1. The van der Waals surface area contributed by atoms with E-state index in [1.807, 2.05) is 5.32 Å². The summed E-state index contributed by atoms with van der Waals surface area (Å²) in [6.07, 6.45) is -2.62. The first-order chi connectivity index (χ1) is 6.43. The molecule has 2 nitrogen and oxygen atoms in total. The van der Waals surface area contributed by atoms with E-state index < -0.39 is 12.1 Å². The van der Waals surface area contributed by atoms with E-state index >= 15 is 0 Å². The Hall–Kier alpha value is -0.260. The lowest BCUT2D eigenvalue weighted by atomic mass is 10.1. The second kappa shape index (κ2) is 4.51. The summed E-state index contributed by atoms with van der Waals surface area (Å²) in [7, 11) is 0. The van der Waals surface area contributed by atoms with Gasteiger partial charge in [-0.05, 0) is 25.2 Å². The Labute approximate surface area is 88.4 Å². The molecule has 6 heteroatoms. The summed E-state index contributed by atoms with van der Waals surface area (Å²) in [5.74, 6) is -1.44. The van der Waals surface area contributed by atoms with Crippen molar-refractivity contribution in [2.45, 2.75) is 31.5 Å². The van der Waals surface area contributed by atoms with E-state index in [-0.39, 0.29) is 6.04 Å². The average Bonchev–Trinajstić information content (AvgIpc) is 2.50. The van der Waals surface area contributed by atoms with Gasteiger partial charge >= 0.3 is 12.1 Å². The Morgan fingerprint density at radius 3 is 2.50 bits per heavy atom. The zero-order chi connectivity index (χ0) is 10.8. The number of carbonyl (C=O) groups is 1. The number of hydrogen-bond acceptors (Lipinski definition) is 1. The van der Waals surface area contributed by atoms with Crippen molar-refractivity contribution < 1.29 is 18.0 Å². The summed E-state index contributed by atoms with van der Waals surface area (Å²) in [5.41, 5.74) is 0. The molecule has 0 spiro atoms. The van der Waals surface area contributed by atoms with Gasteiger partial charge in [0.15, 0.2) is 0 Å². The number of alkyl halides is 4. The minimum atomic E-state index is -4.76. The number of halogens is 4. The van der Waals surface area contributed by atoms with Crippen molar-refractivity contribution in [1.82, 2.24) is 5.32 Å². The van der Waals surface area contributed by atoms with Gasteiger partial charge in [-0.15, -0.1) is 0 Å². The van der Waals surface area contributed by atoms with Crippen LogP contribution in [0.25, 0.3) is 0 Å². The number of amides is 1. The number of rotatable bonds is 2. The molecule has 0 aliphatic heterocycles.